The summed E-state index contributed by atoms with van der Waals surface area (Å²) in [6, 6.07) is 7.40. The van der Waals surface area contributed by atoms with Gasteiger partial charge in [-0.05, 0) is 37.7 Å². The first-order chi connectivity index (χ1) is 9.26. The van der Waals surface area contributed by atoms with Crippen molar-refractivity contribution in [3.63, 3.8) is 0 Å². The Morgan fingerprint density at radius 1 is 1.16 bits per heavy atom. The molecule has 0 aliphatic heterocycles. The van der Waals surface area contributed by atoms with Crippen LogP contribution < -0.4 is 20.1 Å². The third-order valence-corrected chi connectivity index (χ3v) is 2.57. The van der Waals surface area contributed by atoms with Crippen LogP contribution in [0.25, 0.3) is 0 Å². The molecule has 1 aromatic carbocycles. The number of carbonyl (C=O) groups is 1. The Kier molecular flexibility index (Phi) is 7.43. The molecule has 0 aliphatic rings. The zero-order valence-corrected chi connectivity index (χ0v) is 11.6. The Bertz CT molecular complexity index is 365. The van der Waals surface area contributed by atoms with Gasteiger partial charge < -0.3 is 20.1 Å². The summed E-state index contributed by atoms with van der Waals surface area (Å²) in [6.07, 6.45) is 1.19. The molecule has 0 unspecified atom stereocenters. The SMILES string of the molecule is CNCCNC(=O)CCCOc1ccc(OC)cc1. The molecule has 0 atom stereocenters. The lowest BCUT2D eigenvalue weighted by atomic mass is 10.3. The fourth-order valence-corrected chi connectivity index (χ4v) is 1.51. The van der Waals surface area contributed by atoms with Crippen molar-refractivity contribution in [3.05, 3.63) is 24.3 Å². The molecule has 1 aromatic rings. The molecule has 0 radical (unpaired) electrons. The number of ether oxygens (including phenoxy) is 2. The first-order valence-corrected chi connectivity index (χ1v) is 6.44. The van der Waals surface area contributed by atoms with E-state index >= 15 is 0 Å². The average molecular weight is 266 g/mol. The van der Waals surface area contributed by atoms with Gasteiger partial charge in [-0.15, -0.1) is 0 Å². The maximum Gasteiger partial charge on any atom is 0.220 e. The molecule has 0 saturated heterocycles. The van der Waals surface area contributed by atoms with Crippen molar-refractivity contribution in [3.8, 4) is 11.5 Å². The molecule has 0 fully saturated rings. The van der Waals surface area contributed by atoms with Gasteiger partial charge in [0.15, 0.2) is 0 Å². The largest absolute Gasteiger partial charge is 0.497 e. The standard InChI is InChI=1S/C14H22N2O3/c1-15-9-10-16-14(17)4-3-11-19-13-7-5-12(18-2)6-8-13/h5-8,15H,3-4,9-11H2,1-2H3,(H,16,17). The first kappa shape index (κ1) is 15.3. The smallest absolute Gasteiger partial charge is 0.220 e. The molecule has 0 bridgehead atoms. The number of nitrogens with one attached hydrogen (secondary N) is 2. The van der Waals surface area contributed by atoms with Crippen LogP contribution in [-0.2, 0) is 4.79 Å². The first-order valence-electron chi connectivity index (χ1n) is 6.44. The Balaban J connectivity index is 2.11. The van der Waals surface area contributed by atoms with Gasteiger partial charge in [0.2, 0.25) is 5.91 Å². The van der Waals surface area contributed by atoms with Crippen LogP contribution in [0.3, 0.4) is 0 Å². The van der Waals surface area contributed by atoms with Gasteiger partial charge in [-0.25, -0.2) is 0 Å². The van der Waals surface area contributed by atoms with Crippen LogP contribution in [0.2, 0.25) is 0 Å². The van der Waals surface area contributed by atoms with E-state index in [1.165, 1.54) is 0 Å². The number of likely N-dealkylation sites (N-methyl/N-ethyl adjacent to an activating group) is 1. The second kappa shape index (κ2) is 9.22. The van der Waals surface area contributed by atoms with Gasteiger partial charge in [-0.3, -0.25) is 4.79 Å². The summed E-state index contributed by atoms with van der Waals surface area (Å²) in [5.41, 5.74) is 0. The number of benzene rings is 1. The molecule has 0 heterocycles. The highest BCUT2D eigenvalue weighted by Crippen LogP contribution is 2.17. The van der Waals surface area contributed by atoms with E-state index in [-0.39, 0.29) is 5.91 Å². The summed E-state index contributed by atoms with van der Waals surface area (Å²) >= 11 is 0. The summed E-state index contributed by atoms with van der Waals surface area (Å²) in [5, 5.41) is 5.80. The summed E-state index contributed by atoms with van der Waals surface area (Å²) in [7, 11) is 3.48. The Hall–Kier alpha value is -1.75. The minimum absolute atomic E-state index is 0.0635. The van der Waals surface area contributed by atoms with Crippen molar-refractivity contribution in [1.29, 1.82) is 0 Å². The quantitative estimate of drug-likeness (QED) is 0.659. The van der Waals surface area contributed by atoms with E-state index in [4.69, 9.17) is 9.47 Å². The molecule has 19 heavy (non-hydrogen) atoms. The highest BCUT2D eigenvalue weighted by Gasteiger charge is 2.00. The van der Waals surface area contributed by atoms with Crippen LogP contribution in [0.15, 0.2) is 24.3 Å². The second-order valence-corrected chi connectivity index (χ2v) is 4.08. The molecule has 1 rings (SSSR count). The Morgan fingerprint density at radius 2 is 1.84 bits per heavy atom. The predicted molar refractivity (Wildman–Crippen MR) is 74.7 cm³/mol. The number of hydrogen-bond acceptors (Lipinski definition) is 4. The molecule has 0 saturated carbocycles. The monoisotopic (exact) mass is 266 g/mol. The molecule has 0 spiro atoms. The maximum absolute atomic E-state index is 11.4. The molecule has 0 aromatic heterocycles. The third kappa shape index (κ3) is 6.67. The molecule has 2 N–H and O–H groups in total. The number of amides is 1. The van der Waals surface area contributed by atoms with Crippen LogP contribution in [0, 0.1) is 0 Å². The molecule has 5 nitrogen and oxygen atoms in total. The van der Waals surface area contributed by atoms with E-state index in [1.807, 2.05) is 31.3 Å². The Morgan fingerprint density at radius 3 is 2.47 bits per heavy atom. The molecule has 5 heteroatoms. The zero-order chi connectivity index (χ0) is 13.9. The molecule has 1 amide bonds. The number of hydrogen-bond donors (Lipinski definition) is 2. The van der Waals surface area contributed by atoms with Crippen LogP contribution in [0.5, 0.6) is 11.5 Å². The van der Waals surface area contributed by atoms with Gasteiger partial charge in [0.05, 0.1) is 13.7 Å². The van der Waals surface area contributed by atoms with Gasteiger partial charge >= 0.3 is 0 Å². The Labute approximate surface area is 114 Å². The van der Waals surface area contributed by atoms with Gasteiger partial charge in [0.25, 0.3) is 0 Å². The van der Waals surface area contributed by atoms with E-state index in [2.05, 4.69) is 10.6 Å². The van der Waals surface area contributed by atoms with Gasteiger partial charge in [-0.1, -0.05) is 0 Å². The number of rotatable bonds is 9. The minimum atomic E-state index is 0.0635. The maximum atomic E-state index is 11.4. The zero-order valence-electron chi connectivity index (χ0n) is 11.6. The lowest BCUT2D eigenvalue weighted by Gasteiger charge is -2.07. The normalized spacial score (nSPS) is 10.0. The van der Waals surface area contributed by atoms with Crippen molar-refractivity contribution < 1.29 is 14.3 Å². The van der Waals surface area contributed by atoms with Crippen LogP contribution in [0.4, 0.5) is 0 Å². The topological polar surface area (TPSA) is 59.6 Å². The molecular formula is C14H22N2O3. The lowest BCUT2D eigenvalue weighted by molar-refractivity contribution is -0.121. The number of methoxy groups -OCH3 is 1. The van der Waals surface area contributed by atoms with Crippen LogP contribution in [-0.4, -0.2) is 39.8 Å². The van der Waals surface area contributed by atoms with Crippen molar-refractivity contribution in [2.45, 2.75) is 12.8 Å². The predicted octanol–water partition coefficient (Wildman–Crippen LogP) is 1.19. The van der Waals surface area contributed by atoms with E-state index < -0.39 is 0 Å². The van der Waals surface area contributed by atoms with Crippen LogP contribution >= 0.6 is 0 Å². The molecule has 0 aliphatic carbocycles. The van der Waals surface area contributed by atoms with E-state index in [0.29, 0.717) is 26.0 Å². The summed E-state index contributed by atoms with van der Waals surface area (Å²) < 4.78 is 10.6. The second-order valence-electron chi connectivity index (χ2n) is 4.08. The van der Waals surface area contributed by atoms with E-state index in [9.17, 15) is 4.79 Å². The third-order valence-electron chi connectivity index (χ3n) is 2.57. The van der Waals surface area contributed by atoms with E-state index in [0.717, 1.165) is 18.0 Å². The van der Waals surface area contributed by atoms with Gasteiger partial charge in [0.1, 0.15) is 11.5 Å². The fourth-order valence-electron chi connectivity index (χ4n) is 1.51. The average Bonchev–Trinajstić information content (AvgIpc) is 2.44. The number of carbonyl (C=O) groups excluding carboxylic acids is 1. The van der Waals surface area contributed by atoms with Gasteiger partial charge in [-0.2, -0.15) is 0 Å². The van der Waals surface area contributed by atoms with Gasteiger partial charge in [0, 0.05) is 19.5 Å². The highest BCUT2D eigenvalue weighted by atomic mass is 16.5. The van der Waals surface area contributed by atoms with Crippen LogP contribution in [0.1, 0.15) is 12.8 Å². The highest BCUT2D eigenvalue weighted by molar-refractivity contribution is 5.75. The summed E-state index contributed by atoms with van der Waals surface area (Å²) in [4.78, 5) is 11.4. The van der Waals surface area contributed by atoms with Crippen molar-refractivity contribution in [1.82, 2.24) is 10.6 Å². The summed E-state index contributed by atoms with van der Waals surface area (Å²) in [5.74, 6) is 1.65. The lowest BCUT2D eigenvalue weighted by Crippen LogP contribution is -2.30. The summed E-state index contributed by atoms with van der Waals surface area (Å²) in [6.45, 7) is 1.98. The molecule has 106 valence electrons. The minimum Gasteiger partial charge on any atom is -0.497 e. The van der Waals surface area contributed by atoms with Crippen molar-refractivity contribution in [2.75, 3.05) is 33.9 Å². The molecular weight excluding hydrogens is 244 g/mol. The van der Waals surface area contributed by atoms with Crippen molar-refractivity contribution in [2.24, 2.45) is 0 Å². The van der Waals surface area contributed by atoms with Crippen molar-refractivity contribution >= 4 is 5.91 Å². The van der Waals surface area contributed by atoms with E-state index in [1.54, 1.807) is 7.11 Å². The fraction of sp³-hybridized carbons (Fsp3) is 0.500.